The molecule has 0 fully saturated rings. The Hall–Kier alpha value is -3.94. The summed E-state index contributed by atoms with van der Waals surface area (Å²) in [7, 11) is 0. The van der Waals surface area contributed by atoms with Gasteiger partial charge in [-0.15, -0.1) is 0 Å². The molecule has 0 aliphatic carbocycles. The van der Waals surface area contributed by atoms with Crippen molar-refractivity contribution in [2.75, 3.05) is 5.32 Å². The summed E-state index contributed by atoms with van der Waals surface area (Å²) in [5, 5.41) is 17.7. The second-order valence-corrected chi connectivity index (χ2v) is 8.80. The second-order valence-electron chi connectivity index (χ2n) is 8.80. The lowest BCUT2D eigenvalue weighted by Crippen LogP contribution is -2.15. The molecule has 0 spiro atoms. The van der Waals surface area contributed by atoms with Crippen LogP contribution < -0.4 is 5.32 Å². The third-order valence-corrected chi connectivity index (χ3v) is 6.54. The van der Waals surface area contributed by atoms with E-state index < -0.39 is 5.97 Å². The standard InChI is InChI=1S/C26H25FN4O3/c1-15-25(16(2)31(29-15)10-9-24(33)34)19-12-23(32)28-21-7-4-8-22-26(21)20(19)14-30(22)13-17-5-3-6-18(27)11-17/h3-8,11,14,19H,9-10,12-13H2,1-2H3,(H,28,32)(H,33,34)/t19-/m0/s1. The first-order valence-electron chi connectivity index (χ1n) is 11.2. The highest BCUT2D eigenvalue weighted by molar-refractivity contribution is 6.06. The van der Waals surface area contributed by atoms with Gasteiger partial charge in [0.25, 0.3) is 0 Å². The van der Waals surface area contributed by atoms with Crippen molar-refractivity contribution >= 4 is 28.5 Å². The SMILES string of the molecule is Cc1nn(CCC(=O)O)c(C)c1[C@H]1CC(=O)Nc2cccc3c2c1cn3Cc1cccc(F)c1. The maximum absolute atomic E-state index is 13.8. The van der Waals surface area contributed by atoms with Crippen LogP contribution in [0.25, 0.3) is 10.9 Å². The van der Waals surface area contributed by atoms with Crippen LogP contribution in [-0.2, 0) is 22.7 Å². The van der Waals surface area contributed by atoms with Crippen LogP contribution in [0.4, 0.5) is 10.1 Å². The largest absolute Gasteiger partial charge is 0.481 e. The average Bonchev–Trinajstić information content (AvgIpc) is 3.23. The van der Waals surface area contributed by atoms with Crippen LogP contribution in [-0.4, -0.2) is 31.3 Å². The Kier molecular flexibility index (Phi) is 5.43. The van der Waals surface area contributed by atoms with Gasteiger partial charge in [0.2, 0.25) is 5.91 Å². The number of carbonyl (C=O) groups is 2. The zero-order valence-corrected chi connectivity index (χ0v) is 19.0. The Labute approximate surface area is 195 Å². The van der Waals surface area contributed by atoms with Gasteiger partial charge in [0.05, 0.1) is 29.9 Å². The van der Waals surface area contributed by atoms with Crippen LogP contribution >= 0.6 is 0 Å². The summed E-state index contributed by atoms with van der Waals surface area (Å²) < 4.78 is 17.6. The van der Waals surface area contributed by atoms with Crippen LogP contribution in [0.2, 0.25) is 0 Å². The lowest BCUT2D eigenvalue weighted by molar-refractivity contribution is -0.137. The van der Waals surface area contributed by atoms with E-state index in [1.165, 1.54) is 12.1 Å². The third kappa shape index (κ3) is 3.85. The molecule has 7 nitrogen and oxygen atoms in total. The number of hydrogen-bond donors (Lipinski definition) is 2. The summed E-state index contributed by atoms with van der Waals surface area (Å²) in [6.45, 7) is 4.59. The molecule has 1 atom stereocenters. The molecule has 0 saturated carbocycles. The van der Waals surface area contributed by atoms with Crippen LogP contribution in [0.15, 0.2) is 48.7 Å². The summed E-state index contributed by atoms with van der Waals surface area (Å²) in [5.41, 5.74) is 6.16. The van der Waals surface area contributed by atoms with Crippen molar-refractivity contribution in [1.29, 1.82) is 0 Å². The molecule has 3 heterocycles. The monoisotopic (exact) mass is 460 g/mol. The lowest BCUT2D eigenvalue weighted by Gasteiger charge is -2.15. The number of carboxylic acid groups (broad SMARTS) is 1. The third-order valence-electron chi connectivity index (χ3n) is 6.54. The van der Waals surface area contributed by atoms with E-state index in [0.29, 0.717) is 6.54 Å². The highest BCUT2D eigenvalue weighted by Gasteiger charge is 2.31. The predicted molar refractivity (Wildman–Crippen MR) is 126 cm³/mol. The molecule has 174 valence electrons. The number of aryl methyl sites for hydroxylation is 2. The van der Waals surface area contributed by atoms with E-state index >= 15 is 0 Å². The summed E-state index contributed by atoms with van der Waals surface area (Å²) in [6.07, 6.45) is 2.28. The second kappa shape index (κ2) is 8.44. The van der Waals surface area contributed by atoms with Crippen molar-refractivity contribution in [2.24, 2.45) is 0 Å². The molecule has 8 heteroatoms. The molecular formula is C26H25FN4O3. The highest BCUT2D eigenvalue weighted by atomic mass is 19.1. The number of carbonyl (C=O) groups excluding carboxylic acids is 1. The van der Waals surface area contributed by atoms with Crippen LogP contribution in [0.1, 0.15) is 46.8 Å². The van der Waals surface area contributed by atoms with Gasteiger partial charge in [0, 0.05) is 41.7 Å². The molecule has 5 rings (SSSR count). The normalized spacial score (nSPS) is 15.4. The Balaban J connectivity index is 1.65. The molecule has 1 aliphatic rings. The van der Waals surface area contributed by atoms with E-state index in [2.05, 4.69) is 21.2 Å². The van der Waals surface area contributed by atoms with Gasteiger partial charge >= 0.3 is 5.97 Å². The number of halogens is 1. The topological polar surface area (TPSA) is 89.2 Å². The van der Waals surface area contributed by atoms with E-state index in [-0.39, 0.29) is 37.0 Å². The summed E-state index contributed by atoms with van der Waals surface area (Å²) in [4.78, 5) is 23.9. The molecule has 4 aromatic rings. The van der Waals surface area contributed by atoms with E-state index in [1.807, 2.05) is 38.1 Å². The minimum absolute atomic E-state index is 0.0242. The zero-order chi connectivity index (χ0) is 24.0. The quantitative estimate of drug-likeness (QED) is 0.440. The number of benzene rings is 2. The van der Waals surface area contributed by atoms with Gasteiger partial charge in [0.1, 0.15) is 5.82 Å². The maximum atomic E-state index is 13.8. The number of amides is 1. The fourth-order valence-corrected chi connectivity index (χ4v) is 5.10. The van der Waals surface area contributed by atoms with E-state index in [0.717, 1.165) is 44.7 Å². The highest BCUT2D eigenvalue weighted by Crippen LogP contribution is 2.42. The van der Waals surface area contributed by atoms with Gasteiger partial charge in [-0.2, -0.15) is 5.10 Å². The number of hydrogen-bond acceptors (Lipinski definition) is 3. The molecule has 34 heavy (non-hydrogen) atoms. The molecule has 2 N–H and O–H groups in total. The van der Waals surface area contributed by atoms with Crippen molar-refractivity contribution in [2.45, 2.75) is 45.7 Å². The number of rotatable bonds is 6. The van der Waals surface area contributed by atoms with E-state index in [9.17, 15) is 14.0 Å². The van der Waals surface area contributed by atoms with Gasteiger partial charge in [-0.25, -0.2) is 4.39 Å². The molecular weight excluding hydrogens is 435 g/mol. The predicted octanol–water partition coefficient (Wildman–Crippen LogP) is 4.59. The summed E-state index contributed by atoms with van der Waals surface area (Å²) in [5.74, 6) is -1.48. The molecule has 0 unspecified atom stereocenters. The number of aromatic nitrogens is 3. The number of aliphatic carboxylic acids is 1. The smallest absolute Gasteiger partial charge is 0.305 e. The number of nitrogens with zero attached hydrogens (tertiary/aromatic N) is 3. The lowest BCUT2D eigenvalue weighted by atomic mass is 9.87. The molecule has 1 amide bonds. The number of anilines is 1. The fourth-order valence-electron chi connectivity index (χ4n) is 5.10. The Morgan fingerprint density at radius 2 is 2.03 bits per heavy atom. The molecule has 0 saturated heterocycles. The van der Waals surface area contributed by atoms with E-state index in [1.54, 1.807) is 10.7 Å². The first kappa shape index (κ1) is 21.9. The van der Waals surface area contributed by atoms with Gasteiger partial charge < -0.3 is 15.0 Å². The van der Waals surface area contributed by atoms with Gasteiger partial charge in [-0.3, -0.25) is 14.3 Å². The van der Waals surface area contributed by atoms with Crippen LogP contribution in [0.5, 0.6) is 0 Å². The van der Waals surface area contributed by atoms with Crippen molar-refractivity contribution in [3.8, 4) is 0 Å². The molecule has 2 aromatic carbocycles. The Morgan fingerprint density at radius 3 is 2.79 bits per heavy atom. The maximum Gasteiger partial charge on any atom is 0.305 e. The Morgan fingerprint density at radius 1 is 1.24 bits per heavy atom. The number of nitrogens with one attached hydrogen (secondary N) is 1. The van der Waals surface area contributed by atoms with E-state index in [4.69, 9.17) is 5.11 Å². The molecule has 1 aliphatic heterocycles. The van der Waals surface area contributed by atoms with Gasteiger partial charge in [-0.1, -0.05) is 18.2 Å². The zero-order valence-electron chi connectivity index (χ0n) is 19.0. The first-order chi connectivity index (χ1) is 16.3. The molecule has 0 bridgehead atoms. The van der Waals surface area contributed by atoms with Crippen molar-refractivity contribution in [3.05, 3.63) is 82.6 Å². The average molecular weight is 461 g/mol. The number of carboxylic acids is 1. The molecule has 0 radical (unpaired) electrons. The summed E-state index contributed by atoms with van der Waals surface area (Å²) in [6, 6.07) is 12.4. The van der Waals surface area contributed by atoms with Crippen molar-refractivity contribution in [1.82, 2.24) is 14.3 Å². The minimum atomic E-state index is -0.881. The van der Waals surface area contributed by atoms with Gasteiger partial charge in [0.15, 0.2) is 0 Å². The molecule has 2 aromatic heterocycles. The Bertz CT molecular complexity index is 1440. The first-order valence-corrected chi connectivity index (χ1v) is 11.2. The van der Waals surface area contributed by atoms with Gasteiger partial charge in [-0.05, 0) is 49.2 Å². The fraction of sp³-hybridized carbons (Fsp3) is 0.269. The van der Waals surface area contributed by atoms with Crippen molar-refractivity contribution < 1.29 is 19.1 Å². The summed E-state index contributed by atoms with van der Waals surface area (Å²) >= 11 is 0. The minimum Gasteiger partial charge on any atom is -0.481 e. The van der Waals surface area contributed by atoms with Crippen LogP contribution in [0.3, 0.4) is 0 Å². The van der Waals surface area contributed by atoms with Crippen molar-refractivity contribution in [3.63, 3.8) is 0 Å². The van der Waals surface area contributed by atoms with Crippen LogP contribution in [0, 0.1) is 19.7 Å².